The highest BCUT2D eigenvalue weighted by molar-refractivity contribution is 5.88. The van der Waals surface area contributed by atoms with Crippen LogP contribution < -0.4 is 5.32 Å². The monoisotopic (exact) mass is 317 g/mol. The third-order valence-electron chi connectivity index (χ3n) is 5.85. The molecule has 0 spiro atoms. The molecular formula is C19H27NO3. The molecule has 2 bridgehead atoms. The van der Waals surface area contributed by atoms with Gasteiger partial charge in [0.15, 0.2) is 0 Å². The molecule has 23 heavy (non-hydrogen) atoms. The number of aliphatic carboxylic acids is 1. The Hall–Kier alpha value is -1.76. The summed E-state index contributed by atoms with van der Waals surface area (Å²) in [4.78, 5) is 24.7. The van der Waals surface area contributed by atoms with Gasteiger partial charge in [0.25, 0.3) is 0 Å². The van der Waals surface area contributed by atoms with Crippen molar-refractivity contribution < 1.29 is 14.7 Å². The van der Waals surface area contributed by atoms with Crippen LogP contribution in [0.3, 0.4) is 0 Å². The van der Waals surface area contributed by atoms with E-state index >= 15 is 0 Å². The van der Waals surface area contributed by atoms with Crippen molar-refractivity contribution in [3.63, 3.8) is 0 Å². The Balaban J connectivity index is 2.34. The number of hydrogen-bond acceptors (Lipinski definition) is 2. The number of hydrogen-bond donors (Lipinski definition) is 2. The average molecular weight is 317 g/mol. The van der Waals surface area contributed by atoms with Crippen LogP contribution in [0.1, 0.15) is 53.4 Å². The van der Waals surface area contributed by atoms with Gasteiger partial charge in [-0.3, -0.25) is 9.59 Å². The van der Waals surface area contributed by atoms with Crippen LogP contribution in [0.2, 0.25) is 0 Å². The van der Waals surface area contributed by atoms with Crippen molar-refractivity contribution in [1.82, 2.24) is 5.32 Å². The molecule has 2 aliphatic carbocycles. The van der Waals surface area contributed by atoms with Crippen LogP contribution in [0.4, 0.5) is 0 Å². The molecule has 0 aromatic carbocycles. The van der Waals surface area contributed by atoms with Crippen molar-refractivity contribution in [3.05, 3.63) is 11.1 Å². The van der Waals surface area contributed by atoms with Crippen molar-refractivity contribution in [1.29, 1.82) is 0 Å². The van der Waals surface area contributed by atoms with Gasteiger partial charge in [-0.25, -0.2) is 0 Å². The molecule has 0 aliphatic heterocycles. The van der Waals surface area contributed by atoms with Crippen molar-refractivity contribution in [2.75, 3.05) is 0 Å². The maximum Gasteiger partial charge on any atom is 0.307 e. The summed E-state index contributed by atoms with van der Waals surface area (Å²) < 4.78 is 0. The number of carbonyl (C=O) groups is 2. The van der Waals surface area contributed by atoms with Gasteiger partial charge in [-0.1, -0.05) is 30.9 Å². The maximum absolute atomic E-state index is 12.9. The summed E-state index contributed by atoms with van der Waals surface area (Å²) >= 11 is 0. The SMILES string of the molecule is C#CC(CC)(CC)NC(=O)[C@@H]1[C@@H](C(=O)O)[C@@H]2CC[C@H]1C2=C(C)C. The smallest absolute Gasteiger partial charge is 0.307 e. The van der Waals surface area contributed by atoms with Crippen molar-refractivity contribution in [2.45, 2.75) is 58.9 Å². The molecule has 0 aromatic heterocycles. The van der Waals surface area contributed by atoms with E-state index in [2.05, 4.69) is 11.2 Å². The molecule has 2 aliphatic rings. The van der Waals surface area contributed by atoms with E-state index in [0.717, 1.165) is 18.4 Å². The molecule has 0 unspecified atom stereocenters. The summed E-state index contributed by atoms with van der Waals surface area (Å²) in [5.41, 5.74) is 1.68. The Labute approximate surface area is 138 Å². The summed E-state index contributed by atoms with van der Waals surface area (Å²) in [6, 6.07) is 0. The van der Waals surface area contributed by atoms with Gasteiger partial charge in [0.2, 0.25) is 5.91 Å². The predicted octanol–water partition coefficient (Wildman–Crippen LogP) is 2.99. The van der Waals surface area contributed by atoms with Gasteiger partial charge in [0, 0.05) is 0 Å². The third-order valence-corrected chi connectivity index (χ3v) is 5.85. The molecule has 2 fully saturated rings. The molecule has 2 saturated carbocycles. The molecule has 4 heteroatoms. The van der Waals surface area contributed by atoms with Crippen LogP contribution in [0, 0.1) is 36.0 Å². The minimum Gasteiger partial charge on any atom is -0.481 e. The lowest BCUT2D eigenvalue weighted by Gasteiger charge is -2.32. The Morgan fingerprint density at radius 3 is 2.13 bits per heavy atom. The van der Waals surface area contributed by atoms with Gasteiger partial charge >= 0.3 is 5.97 Å². The van der Waals surface area contributed by atoms with E-state index < -0.39 is 23.3 Å². The lowest BCUT2D eigenvalue weighted by molar-refractivity contribution is -0.149. The summed E-state index contributed by atoms with van der Waals surface area (Å²) in [5, 5.41) is 12.7. The molecule has 0 heterocycles. The molecule has 0 saturated heterocycles. The Kier molecular flexibility index (Phi) is 4.89. The predicted molar refractivity (Wildman–Crippen MR) is 89.5 cm³/mol. The first-order valence-electron chi connectivity index (χ1n) is 8.51. The van der Waals surface area contributed by atoms with Gasteiger partial charge in [-0.05, 0) is 51.4 Å². The Bertz CT molecular complexity index is 576. The number of rotatable bonds is 5. The second kappa shape index (κ2) is 6.39. The van der Waals surface area contributed by atoms with E-state index in [4.69, 9.17) is 6.42 Å². The number of allylic oxidation sites excluding steroid dienone is 2. The van der Waals surface area contributed by atoms with E-state index in [-0.39, 0.29) is 17.7 Å². The first-order chi connectivity index (χ1) is 10.8. The number of carboxylic acid groups (broad SMARTS) is 1. The van der Waals surface area contributed by atoms with Crippen molar-refractivity contribution >= 4 is 11.9 Å². The molecule has 0 aromatic rings. The summed E-state index contributed by atoms with van der Waals surface area (Å²) in [6.45, 7) is 7.93. The molecule has 4 nitrogen and oxygen atoms in total. The molecule has 2 rings (SSSR count). The summed E-state index contributed by atoms with van der Waals surface area (Å²) in [7, 11) is 0. The Morgan fingerprint density at radius 1 is 1.22 bits per heavy atom. The quantitative estimate of drug-likeness (QED) is 0.605. The third kappa shape index (κ3) is 2.78. The largest absolute Gasteiger partial charge is 0.481 e. The molecule has 1 amide bonds. The van der Waals surface area contributed by atoms with Gasteiger partial charge in [-0.15, -0.1) is 6.42 Å². The van der Waals surface area contributed by atoms with E-state index in [1.165, 1.54) is 5.57 Å². The molecule has 2 N–H and O–H groups in total. The normalized spacial score (nSPS) is 29.3. The summed E-state index contributed by atoms with van der Waals surface area (Å²) in [6.07, 6.45) is 8.67. The van der Waals surface area contributed by atoms with Crippen LogP contribution >= 0.6 is 0 Å². The van der Waals surface area contributed by atoms with Gasteiger partial charge < -0.3 is 10.4 Å². The highest BCUT2D eigenvalue weighted by Crippen LogP contribution is 2.57. The zero-order valence-corrected chi connectivity index (χ0v) is 14.5. The number of nitrogens with one attached hydrogen (secondary N) is 1. The van der Waals surface area contributed by atoms with Crippen LogP contribution in [0.25, 0.3) is 0 Å². The minimum absolute atomic E-state index is 0.00161. The highest BCUT2D eigenvalue weighted by atomic mass is 16.4. The van der Waals surface area contributed by atoms with E-state index in [9.17, 15) is 14.7 Å². The first kappa shape index (κ1) is 17.6. The van der Waals surface area contributed by atoms with Crippen LogP contribution in [-0.2, 0) is 9.59 Å². The highest BCUT2D eigenvalue weighted by Gasteiger charge is 2.57. The minimum atomic E-state index is -0.865. The number of terminal acetylenes is 1. The number of fused-ring (bicyclic) bond motifs is 2. The Morgan fingerprint density at radius 2 is 1.74 bits per heavy atom. The van der Waals surface area contributed by atoms with Crippen molar-refractivity contribution in [3.8, 4) is 12.3 Å². The zero-order chi connectivity index (χ0) is 17.4. The average Bonchev–Trinajstić information content (AvgIpc) is 3.08. The standard InChI is InChI=1S/C19H27NO3/c1-6-19(7-2,8-3)20-17(21)15-12-9-10-13(14(12)11(4)5)16(15)18(22)23/h1,12-13,15-16H,7-10H2,2-5H3,(H,20,21)(H,22,23)/t12-,13+,15-,16-/m0/s1. The van der Waals surface area contributed by atoms with E-state index in [1.807, 2.05) is 27.7 Å². The van der Waals surface area contributed by atoms with Gasteiger partial charge in [0.1, 0.15) is 5.54 Å². The van der Waals surface area contributed by atoms with E-state index in [0.29, 0.717) is 12.8 Å². The molecule has 0 radical (unpaired) electrons. The number of carboxylic acids is 1. The first-order valence-corrected chi connectivity index (χ1v) is 8.51. The fraction of sp³-hybridized carbons (Fsp3) is 0.684. The second-order valence-corrected chi connectivity index (χ2v) is 7.06. The van der Waals surface area contributed by atoms with Crippen LogP contribution in [0.15, 0.2) is 11.1 Å². The lowest BCUT2D eigenvalue weighted by Crippen LogP contribution is -2.51. The van der Waals surface area contributed by atoms with Gasteiger partial charge in [-0.2, -0.15) is 0 Å². The van der Waals surface area contributed by atoms with E-state index in [1.54, 1.807) is 0 Å². The van der Waals surface area contributed by atoms with Crippen LogP contribution in [-0.4, -0.2) is 22.5 Å². The summed E-state index contributed by atoms with van der Waals surface area (Å²) in [5.74, 6) is 0.577. The fourth-order valence-corrected chi connectivity index (χ4v) is 4.59. The maximum atomic E-state index is 12.9. The molecule has 126 valence electrons. The lowest BCUT2D eigenvalue weighted by atomic mass is 9.78. The van der Waals surface area contributed by atoms with Crippen LogP contribution in [0.5, 0.6) is 0 Å². The van der Waals surface area contributed by atoms with Crippen molar-refractivity contribution in [2.24, 2.45) is 23.7 Å². The molecule has 4 atom stereocenters. The fourth-order valence-electron chi connectivity index (χ4n) is 4.59. The number of carbonyl (C=O) groups excluding carboxylic acids is 1. The zero-order valence-electron chi connectivity index (χ0n) is 14.5. The molecular weight excluding hydrogens is 290 g/mol. The second-order valence-electron chi connectivity index (χ2n) is 7.06. The van der Waals surface area contributed by atoms with Gasteiger partial charge in [0.05, 0.1) is 11.8 Å². The topological polar surface area (TPSA) is 66.4 Å². The number of amides is 1.